The van der Waals surface area contributed by atoms with E-state index in [-0.39, 0.29) is 11.7 Å². The monoisotopic (exact) mass is 310 g/mol. The van der Waals surface area contributed by atoms with Gasteiger partial charge in [-0.2, -0.15) is 0 Å². The number of benzene rings is 1. The zero-order valence-corrected chi connectivity index (χ0v) is 9.93. The van der Waals surface area contributed by atoms with Gasteiger partial charge in [0.2, 0.25) is 0 Å². The zero-order chi connectivity index (χ0) is 9.84. The molecule has 0 radical (unpaired) electrons. The van der Waals surface area contributed by atoms with Crippen LogP contribution < -0.4 is 4.74 Å². The molecule has 0 aliphatic rings. The third kappa shape index (κ3) is 2.57. The molecule has 0 saturated carbocycles. The Kier molecular flexibility index (Phi) is 3.99. The van der Waals surface area contributed by atoms with Crippen LogP contribution in [0.4, 0.5) is 0 Å². The summed E-state index contributed by atoms with van der Waals surface area (Å²) in [6, 6.07) is 5.35. The van der Waals surface area contributed by atoms with Crippen molar-refractivity contribution in [2.45, 2.75) is 0 Å². The molecule has 0 aliphatic carbocycles. The van der Waals surface area contributed by atoms with E-state index in [0.717, 1.165) is 3.57 Å². The Morgan fingerprint density at radius 3 is 2.85 bits per heavy atom. The maximum Gasteiger partial charge on any atom is 0.178 e. The summed E-state index contributed by atoms with van der Waals surface area (Å²) in [4.78, 5) is 11.3. The lowest BCUT2D eigenvalue weighted by Gasteiger charge is -2.04. The summed E-state index contributed by atoms with van der Waals surface area (Å²) in [5, 5.41) is 0. The van der Waals surface area contributed by atoms with Gasteiger partial charge in [0.1, 0.15) is 5.75 Å². The molecule has 1 rings (SSSR count). The highest BCUT2D eigenvalue weighted by molar-refractivity contribution is 14.1. The molecule has 70 valence electrons. The van der Waals surface area contributed by atoms with Gasteiger partial charge in [-0.25, -0.2) is 0 Å². The molecule has 0 unspecified atom stereocenters. The summed E-state index contributed by atoms with van der Waals surface area (Å²) < 4.78 is 5.90. The van der Waals surface area contributed by atoms with Crippen LogP contribution in [0.1, 0.15) is 10.4 Å². The normalized spacial score (nSPS) is 9.77. The molecule has 0 amide bonds. The van der Waals surface area contributed by atoms with Crippen molar-refractivity contribution < 1.29 is 9.53 Å². The molecule has 0 N–H and O–H groups in total. The van der Waals surface area contributed by atoms with E-state index in [2.05, 4.69) is 22.6 Å². The Hall–Kier alpha value is -0.290. The molecular weight excluding hydrogens is 302 g/mol. The molecule has 0 atom stereocenters. The Bertz CT molecular complexity index is 325. The molecule has 0 aliphatic heterocycles. The minimum absolute atomic E-state index is 0.00314. The molecule has 0 bridgehead atoms. The maximum atomic E-state index is 11.3. The molecule has 1 aromatic carbocycles. The summed E-state index contributed by atoms with van der Waals surface area (Å²) in [6.45, 7) is 0. The van der Waals surface area contributed by atoms with Crippen molar-refractivity contribution >= 4 is 40.0 Å². The number of halogens is 2. The second-order valence-electron chi connectivity index (χ2n) is 2.40. The first-order valence-corrected chi connectivity index (χ1v) is 5.23. The van der Waals surface area contributed by atoms with Crippen molar-refractivity contribution in [3.8, 4) is 5.75 Å². The second kappa shape index (κ2) is 4.81. The van der Waals surface area contributed by atoms with Crippen LogP contribution in [0, 0.1) is 3.57 Å². The van der Waals surface area contributed by atoms with Gasteiger partial charge in [-0.3, -0.25) is 4.79 Å². The van der Waals surface area contributed by atoms with Crippen LogP contribution in [0.25, 0.3) is 0 Å². The van der Waals surface area contributed by atoms with E-state index in [1.807, 2.05) is 12.1 Å². The lowest BCUT2D eigenvalue weighted by molar-refractivity contribution is 0.102. The predicted molar refractivity (Wildman–Crippen MR) is 60.8 cm³/mol. The lowest BCUT2D eigenvalue weighted by Crippen LogP contribution is -2.03. The van der Waals surface area contributed by atoms with E-state index in [0.29, 0.717) is 11.3 Å². The first kappa shape index (κ1) is 10.8. The minimum atomic E-state index is -0.0787. The van der Waals surface area contributed by atoms with E-state index in [1.165, 1.54) is 0 Å². The smallest absolute Gasteiger partial charge is 0.178 e. The van der Waals surface area contributed by atoms with Crippen LogP contribution in [0.15, 0.2) is 18.2 Å². The summed E-state index contributed by atoms with van der Waals surface area (Å²) in [7, 11) is 1.57. The molecule has 2 nitrogen and oxygen atoms in total. The first-order chi connectivity index (χ1) is 6.19. The Balaban J connectivity index is 3.11. The van der Waals surface area contributed by atoms with E-state index in [9.17, 15) is 4.79 Å². The van der Waals surface area contributed by atoms with E-state index in [4.69, 9.17) is 16.3 Å². The largest absolute Gasteiger partial charge is 0.497 e. The third-order valence-corrected chi connectivity index (χ3v) is 2.78. The van der Waals surface area contributed by atoms with E-state index < -0.39 is 0 Å². The summed E-state index contributed by atoms with van der Waals surface area (Å²) in [5.74, 6) is 0.599. The Labute approximate surface area is 95.4 Å². The number of carbonyl (C=O) groups excluding carboxylic acids is 1. The second-order valence-corrected chi connectivity index (χ2v) is 3.83. The van der Waals surface area contributed by atoms with Gasteiger partial charge in [0.25, 0.3) is 0 Å². The van der Waals surface area contributed by atoms with Crippen molar-refractivity contribution in [1.82, 2.24) is 0 Å². The average Bonchev–Trinajstić information content (AvgIpc) is 2.17. The van der Waals surface area contributed by atoms with Crippen LogP contribution in [0.5, 0.6) is 5.75 Å². The summed E-state index contributed by atoms with van der Waals surface area (Å²) in [6.07, 6.45) is 0. The van der Waals surface area contributed by atoms with Gasteiger partial charge in [0.05, 0.1) is 13.0 Å². The molecular formula is C9H8ClIO2. The summed E-state index contributed by atoms with van der Waals surface area (Å²) >= 11 is 7.56. The van der Waals surface area contributed by atoms with Crippen LogP contribution in [0.2, 0.25) is 0 Å². The highest BCUT2D eigenvalue weighted by Crippen LogP contribution is 2.19. The number of Topliss-reactive ketones (excluding diaryl/α,β-unsaturated/α-hetero) is 1. The zero-order valence-electron chi connectivity index (χ0n) is 7.01. The van der Waals surface area contributed by atoms with Gasteiger partial charge in [0.15, 0.2) is 5.78 Å². The molecule has 0 fully saturated rings. The molecule has 4 heteroatoms. The molecule has 0 heterocycles. The van der Waals surface area contributed by atoms with Crippen LogP contribution in [0.3, 0.4) is 0 Å². The quantitative estimate of drug-likeness (QED) is 0.487. The number of methoxy groups -OCH3 is 1. The number of hydrogen-bond acceptors (Lipinski definition) is 2. The topological polar surface area (TPSA) is 26.3 Å². The van der Waals surface area contributed by atoms with Crippen molar-refractivity contribution in [3.05, 3.63) is 27.3 Å². The molecule has 0 spiro atoms. The van der Waals surface area contributed by atoms with Crippen molar-refractivity contribution in [1.29, 1.82) is 0 Å². The van der Waals surface area contributed by atoms with Crippen molar-refractivity contribution in [3.63, 3.8) is 0 Å². The number of rotatable bonds is 3. The average molecular weight is 311 g/mol. The highest BCUT2D eigenvalue weighted by Gasteiger charge is 2.09. The van der Waals surface area contributed by atoms with Crippen LogP contribution >= 0.6 is 34.2 Å². The highest BCUT2D eigenvalue weighted by atomic mass is 127. The Morgan fingerprint density at radius 2 is 2.31 bits per heavy atom. The number of alkyl halides is 1. The molecule has 13 heavy (non-hydrogen) atoms. The third-order valence-electron chi connectivity index (χ3n) is 1.60. The van der Waals surface area contributed by atoms with Gasteiger partial charge in [-0.15, -0.1) is 11.6 Å². The van der Waals surface area contributed by atoms with Gasteiger partial charge in [-0.1, -0.05) is 0 Å². The lowest BCUT2D eigenvalue weighted by atomic mass is 10.1. The molecule has 0 aromatic heterocycles. The number of ether oxygens (including phenoxy) is 1. The van der Waals surface area contributed by atoms with Gasteiger partial charge in [-0.05, 0) is 40.8 Å². The predicted octanol–water partition coefficient (Wildman–Crippen LogP) is 2.72. The maximum absolute atomic E-state index is 11.3. The minimum Gasteiger partial charge on any atom is -0.497 e. The molecule has 1 aromatic rings. The number of carbonyl (C=O) groups is 1. The fraction of sp³-hybridized carbons (Fsp3) is 0.222. The standard InChI is InChI=1S/C9H8ClIO2/c1-13-6-2-3-8(11)7(4-6)9(12)5-10/h2-4H,5H2,1H3. The number of ketones is 1. The molecule has 0 saturated heterocycles. The fourth-order valence-electron chi connectivity index (χ4n) is 0.917. The van der Waals surface area contributed by atoms with Crippen molar-refractivity contribution in [2.75, 3.05) is 13.0 Å². The van der Waals surface area contributed by atoms with Gasteiger partial charge in [0, 0.05) is 9.13 Å². The van der Waals surface area contributed by atoms with E-state index in [1.54, 1.807) is 13.2 Å². The summed E-state index contributed by atoms with van der Waals surface area (Å²) in [5.41, 5.74) is 0.620. The first-order valence-electron chi connectivity index (χ1n) is 3.61. The van der Waals surface area contributed by atoms with Crippen LogP contribution in [-0.2, 0) is 0 Å². The van der Waals surface area contributed by atoms with Crippen molar-refractivity contribution in [2.24, 2.45) is 0 Å². The number of hydrogen-bond donors (Lipinski definition) is 0. The SMILES string of the molecule is COc1ccc(I)c(C(=O)CCl)c1. The fourth-order valence-corrected chi connectivity index (χ4v) is 1.70. The Morgan fingerprint density at radius 1 is 1.62 bits per heavy atom. The van der Waals surface area contributed by atoms with Gasteiger partial charge >= 0.3 is 0 Å². The van der Waals surface area contributed by atoms with Gasteiger partial charge < -0.3 is 4.74 Å². The van der Waals surface area contributed by atoms with Crippen LogP contribution in [-0.4, -0.2) is 18.8 Å². The van der Waals surface area contributed by atoms with E-state index >= 15 is 0 Å².